The number of carbonyl (C=O) groups excluding carboxylic acids is 1. The molecule has 42 heavy (non-hydrogen) atoms. The molecule has 3 fully saturated rings. The van der Waals surface area contributed by atoms with Crippen LogP contribution in [0.2, 0.25) is 0 Å². The molecule has 0 saturated heterocycles. The van der Waals surface area contributed by atoms with Gasteiger partial charge >= 0.3 is 11.9 Å². The van der Waals surface area contributed by atoms with Crippen LogP contribution in [0.25, 0.3) is 0 Å². The SMILES string of the molecule is CC(C)CCC[C@@H](C)[C@H]1CC[C@H]2[C@@H]3CC=C4CC(OC(=O)CCCCCCCCCC(=O)O)CC[C@]4(C)[C@H]3CC[C@]12C. The summed E-state index contributed by atoms with van der Waals surface area (Å²) in [7, 11) is 0. The minimum Gasteiger partial charge on any atom is -0.481 e. The smallest absolute Gasteiger partial charge is 0.306 e. The standard InChI is InChI=1S/C38H64O4/c1-27(2)14-13-15-28(3)32-20-21-33-31-19-18-29-26-30(22-24-37(29,4)34(31)23-25-38(32,33)5)42-36(41)17-12-10-8-6-7-9-11-16-35(39)40/h18,27-28,30-34H,6-17,19-26H2,1-5H3,(H,39,40)/t28-,30?,31+,32-,33+,34+,37+,38-/m1/s1. The van der Waals surface area contributed by atoms with Gasteiger partial charge in [-0.2, -0.15) is 0 Å². The lowest BCUT2D eigenvalue weighted by Gasteiger charge is -2.58. The van der Waals surface area contributed by atoms with Gasteiger partial charge in [0.2, 0.25) is 0 Å². The molecule has 4 aliphatic carbocycles. The summed E-state index contributed by atoms with van der Waals surface area (Å²) >= 11 is 0. The van der Waals surface area contributed by atoms with E-state index in [2.05, 4.69) is 40.7 Å². The van der Waals surface area contributed by atoms with E-state index in [9.17, 15) is 9.59 Å². The number of carboxylic acid groups (broad SMARTS) is 1. The normalized spacial score (nSPS) is 34.7. The Morgan fingerprint density at radius 1 is 0.857 bits per heavy atom. The highest BCUT2D eigenvalue weighted by Crippen LogP contribution is 2.67. The number of fused-ring (bicyclic) bond motifs is 5. The van der Waals surface area contributed by atoms with Crippen molar-refractivity contribution in [3.8, 4) is 0 Å². The number of ether oxygens (including phenoxy) is 1. The number of hydrogen-bond donors (Lipinski definition) is 1. The summed E-state index contributed by atoms with van der Waals surface area (Å²) in [6.45, 7) is 12.6. The average Bonchev–Trinajstić information content (AvgIpc) is 3.29. The van der Waals surface area contributed by atoms with Crippen molar-refractivity contribution in [1.82, 2.24) is 0 Å². The highest BCUT2D eigenvalue weighted by molar-refractivity contribution is 5.69. The molecule has 3 saturated carbocycles. The van der Waals surface area contributed by atoms with Crippen molar-refractivity contribution in [3.63, 3.8) is 0 Å². The van der Waals surface area contributed by atoms with Gasteiger partial charge in [-0.15, -0.1) is 0 Å². The zero-order valence-corrected chi connectivity index (χ0v) is 27.9. The second-order valence-electron chi connectivity index (χ2n) is 16.0. The molecule has 1 N–H and O–H groups in total. The molecule has 8 atom stereocenters. The molecule has 240 valence electrons. The minimum absolute atomic E-state index is 0.00714. The van der Waals surface area contributed by atoms with Crippen LogP contribution in [-0.2, 0) is 14.3 Å². The Kier molecular flexibility index (Phi) is 12.1. The Hall–Kier alpha value is -1.32. The maximum Gasteiger partial charge on any atom is 0.306 e. The predicted molar refractivity (Wildman–Crippen MR) is 172 cm³/mol. The van der Waals surface area contributed by atoms with Gasteiger partial charge in [-0.1, -0.05) is 97.6 Å². The molecule has 0 aromatic rings. The molecule has 0 heterocycles. The van der Waals surface area contributed by atoms with Crippen molar-refractivity contribution in [2.45, 2.75) is 169 Å². The second-order valence-corrected chi connectivity index (χ2v) is 16.0. The van der Waals surface area contributed by atoms with Crippen LogP contribution in [-0.4, -0.2) is 23.1 Å². The molecule has 4 rings (SSSR count). The van der Waals surface area contributed by atoms with E-state index in [1.54, 1.807) is 5.57 Å². The van der Waals surface area contributed by atoms with Gasteiger partial charge in [0.1, 0.15) is 6.10 Å². The van der Waals surface area contributed by atoms with Crippen LogP contribution in [0.15, 0.2) is 11.6 Å². The number of aliphatic carboxylic acids is 1. The summed E-state index contributed by atoms with van der Waals surface area (Å²) < 4.78 is 6.04. The van der Waals surface area contributed by atoms with E-state index in [1.165, 1.54) is 57.8 Å². The van der Waals surface area contributed by atoms with Gasteiger partial charge in [-0.3, -0.25) is 9.59 Å². The maximum absolute atomic E-state index is 12.7. The van der Waals surface area contributed by atoms with Crippen LogP contribution in [0.1, 0.15) is 163 Å². The molecule has 0 aromatic heterocycles. The van der Waals surface area contributed by atoms with Gasteiger partial charge in [0.15, 0.2) is 0 Å². The van der Waals surface area contributed by atoms with Crippen LogP contribution in [0.3, 0.4) is 0 Å². The molecule has 0 spiro atoms. The summed E-state index contributed by atoms with van der Waals surface area (Å²) in [5, 5.41) is 8.72. The number of carbonyl (C=O) groups is 2. The zero-order chi connectivity index (χ0) is 30.3. The minimum atomic E-state index is -0.698. The van der Waals surface area contributed by atoms with Crippen LogP contribution >= 0.6 is 0 Å². The Morgan fingerprint density at radius 2 is 1.55 bits per heavy atom. The fraction of sp³-hybridized carbons (Fsp3) is 0.895. The first-order chi connectivity index (χ1) is 20.0. The lowest BCUT2D eigenvalue weighted by Crippen LogP contribution is -2.51. The number of hydrogen-bond acceptors (Lipinski definition) is 3. The van der Waals surface area contributed by atoms with Gasteiger partial charge in [0.05, 0.1) is 0 Å². The van der Waals surface area contributed by atoms with E-state index in [1.807, 2.05) is 0 Å². The van der Waals surface area contributed by atoms with E-state index < -0.39 is 5.97 Å². The lowest BCUT2D eigenvalue weighted by atomic mass is 9.47. The molecule has 4 heteroatoms. The highest BCUT2D eigenvalue weighted by Gasteiger charge is 2.59. The number of carboxylic acids is 1. The zero-order valence-electron chi connectivity index (χ0n) is 27.9. The first-order valence-corrected chi connectivity index (χ1v) is 18.2. The van der Waals surface area contributed by atoms with E-state index in [-0.39, 0.29) is 18.5 Å². The monoisotopic (exact) mass is 584 g/mol. The van der Waals surface area contributed by atoms with Gasteiger partial charge < -0.3 is 9.84 Å². The third-order valence-corrected chi connectivity index (χ3v) is 12.8. The predicted octanol–water partition coefficient (Wildman–Crippen LogP) is 10.5. The topological polar surface area (TPSA) is 63.6 Å². The van der Waals surface area contributed by atoms with Crippen molar-refractivity contribution < 1.29 is 19.4 Å². The number of rotatable bonds is 16. The van der Waals surface area contributed by atoms with Crippen molar-refractivity contribution in [3.05, 3.63) is 11.6 Å². The van der Waals surface area contributed by atoms with E-state index in [4.69, 9.17) is 9.84 Å². The molecular weight excluding hydrogens is 520 g/mol. The quantitative estimate of drug-likeness (QED) is 0.111. The van der Waals surface area contributed by atoms with Crippen molar-refractivity contribution >= 4 is 11.9 Å². The first kappa shape index (κ1) is 33.6. The summed E-state index contributed by atoms with van der Waals surface area (Å²) in [5.41, 5.74) is 2.45. The fourth-order valence-electron chi connectivity index (χ4n) is 10.4. The molecular formula is C38H64O4. The van der Waals surface area contributed by atoms with Crippen LogP contribution in [0, 0.1) is 46.3 Å². The summed E-state index contributed by atoms with van der Waals surface area (Å²) in [6, 6.07) is 0. The third-order valence-electron chi connectivity index (χ3n) is 12.8. The third kappa shape index (κ3) is 8.03. The second kappa shape index (κ2) is 15.1. The summed E-state index contributed by atoms with van der Waals surface area (Å²) in [4.78, 5) is 23.3. The largest absolute Gasteiger partial charge is 0.481 e. The van der Waals surface area contributed by atoms with Crippen molar-refractivity contribution in [2.24, 2.45) is 46.3 Å². The average molecular weight is 585 g/mol. The van der Waals surface area contributed by atoms with Crippen molar-refractivity contribution in [1.29, 1.82) is 0 Å². The number of esters is 1. The van der Waals surface area contributed by atoms with E-state index in [0.29, 0.717) is 17.3 Å². The Morgan fingerprint density at radius 3 is 2.24 bits per heavy atom. The number of unbranched alkanes of at least 4 members (excludes halogenated alkanes) is 6. The molecule has 4 aliphatic rings. The van der Waals surface area contributed by atoms with Crippen molar-refractivity contribution in [2.75, 3.05) is 0 Å². The fourth-order valence-corrected chi connectivity index (χ4v) is 10.4. The summed E-state index contributed by atoms with van der Waals surface area (Å²) in [6.07, 6.45) is 24.9. The molecule has 0 aromatic carbocycles. The molecule has 0 aliphatic heterocycles. The molecule has 0 amide bonds. The van der Waals surface area contributed by atoms with E-state index in [0.717, 1.165) is 93.3 Å². The van der Waals surface area contributed by atoms with Gasteiger partial charge in [0, 0.05) is 19.3 Å². The van der Waals surface area contributed by atoms with Gasteiger partial charge in [-0.05, 0) is 104 Å². The van der Waals surface area contributed by atoms with E-state index >= 15 is 0 Å². The highest BCUT2D eigenvalue weighted by atomic mass is 16.5. The molecule has 1 unspecified atom stereocenters. The first-order valence-electron chi connectivity index (χ1n) is 18.2. The van der Waals surface area contributed by atoms with Crippen LogP contribution in [0.4, 0.5) is 0 Å². The van der Waals surface area contributed by atoms with Gasteiger partial charge in [-0.25, -0.2) is 0 Å². The molecule has 0 radical (unpaired) electrons. The number of allylic oxidation sites excluding steroid dienone is 1. The van der Waals surface area contributed by atoms with Gasteiger partial charge in [0.25, 0.3) is 0 Å². The lowest BCUT2D eigenvalue weighted by molar-refractivity contribution is -0.151. The summed E-state index contributed by atoms with van der Waals surface area (Å²) in [5.74, 6) is 4.45. The Bertz CT molecular complexity index is 922. The maximum atomic E-state index is 12.7. The Labute approximate surface area is 258 Å². The molecule has 4 nitrogen and oxygen atoms in total. The van der Waals surface area contributed by atoms with Crippen LogP contribution < -0.4 is 0 Å². The Balaban J connectivity index is 1.22. The molecule has 0 bridgehead atoms. The van der Waals surface area contributed by atoms with Crippen LogP contribution in [0.5, 0.6) is 0 Å².